The Bertz CT molecular complexity index is 686. The van der Waals surface area contributed by atoms with E-state index in [4.69, 9.17) is 16.3 Å². The Balaban J connectivity index is 2.22. The fourth-order valence-electron chi connectivity index (χ4n) is 2.40. The molecule has 0 saturated carbocycles. The molecule has 0 aromatic heterocycles. The first-order chi connectivity index (χ1) is 11.5. The maximum Gasteiger partial charge on any atom is 0.310 e. The summed E-state index contributed by atoms with van der Waals surface area (Å²) in [4.78, 5) is 26.2. The summed E-state index contributed by atoms with van der Waals surface area (Å²) in [6.07, 6.45) is 0. The average molecular weight is 346 g/mol. The zero-order chi connectivity index (χ0) is 17.5. The monoisotopic (exact) mass is 345 g/mol. The smallest absolute Gasteiger partial charge is 0.310 e. The Morgan fingerprint density at radius 3 is 2.29 bits per heavy atom. The van der Waals surface area contributed by atoms with Gasteiger partial charge in [0, 0.05) is 23.7 Å². The third kappa shape index (κ3) is 4.83. The van der Waals surface area contributed by atoms with Gasteiger partial charge in [-0.25, -0.2) is 0 Å². The van der Waals surface area contributed by atoms with E-state index >= 15 is 0 Å². The Hall–Kier alpha value is -2.33. The number of nitrogens with zero attached hydrogens (tertiary/aromatic N) is 1. The molecule has 0 heterocycles. The van der Waals surface area contributed by atoms with Gasteiger partial charge in [-0.15, -0.1) is 0 Å². The van der Waals surface area contributed by atoms with Gasteiger partial charge in [-0.2, -0.15) is 0 Å². The fraction of sp³-hybridized carbons (Fsp3) is 0.263. The minimum Gasteiger partial charge on any atom is -0.469 e. The number of halogens is 1. The molecule has 0 spiro atoms. The normalized spacial score (nSPS) is 11.6. The lowest BCUT2D eigenvalue weighted by atomic mass is 10.1. The van der Waals surface area contributed by atoms with Gasteiger partial charge in [-0.3, -0.25) is 9.59 Å². The highest BCUT2D eigenvalue weighted by atomic mass is 35.5. The molecule has 2 aromatic rings. The number of esters is 1. The summed E-state index contributed by atoms with van der Waals surface area (Å²) in [5.41, 5.74) is 1.53. The Morgan fingerprint density at radius 1 is 1.08 bits per heavy atom. The molecule has 0 saturated heterocycles. The molecule has 0 aliphatic rings. The van der Waals surface area contributed by atoms with Crippen molar-refractivity contribution in [3.05, 3.63) is 70.7 Å². The molecule has 0 bridgehead atoms. The van der Waals surface area contributed by atoms with Crippen LogP contribution in [-0.2, 0) is 16.1 Å². The third-order valence-corrected chi connectivity index (χ3v) is 3.94. The van der Waals surface area contributed by atoms with Gasteiger partial charge in [0.15, 0.2) is 0 Å². The van der Waals surface area contributed by atoms with E-state index in [9.17, 15) is 9.59 Å². The van der Waals surface area contributed by atoms with Crippen molar-refractivity contribution in [2.75, 3.05) is 13.7 Å². The van der Waals surface area contributed by atoms with Gasteiger partial charge in [0.25, 0.3) is 5.91 Å². The second-order valence-electron chi connectivity index (χ2n) is 5.60. The van der Waals surface area contributed by atoms with E-state index < -0.39 is 5.92 Å². The van der Waals surface area contributed by atoms with Crippen LogP contribution in [0.5, 0.6) is 0 Å². The number of methoxy groups -OCH3 is 1. The van der Waals surface area contributed by atoms with Crippen molar-refractivity contribution in [3.63, 3.8) is 0 Å². The van der Waals surface area contributed by atoms with Crippen LogP contribution in [0.3, 0.4) is 0 Å². The molecule has 1 amide bonds. The Kier molecular flexibility index (Phi) is 6.38. The van der Waals surface area contributed by atoms with Gasteiger partial charge in [0.05, 0.1) is 13.0 Å². The van der Waals surface area contributed by atoms with E-state index in [0.717, 1.165) is 5.56 Å². The highest BCUT2D eigenvalue weighted by Gasteiger charge is 2.22. The minimum atomic E-state index is -0.407. The van der Waals surface area contributed by atoms with Gasteiger partial charge >= 0.3 is 5.97 Å². The number of carbonyl (C=O) groups excluding carboxylic acids is 2. The van der Waals surface area contributed by atoms with Crippen LogP contribution in [0.1, 0.15) is 22.8 Å². The topological polar surface area (TPSA) is 46.6 Å². The van der Waals surface area contributed by atoms with Crippen molar-refractivity contribution in [1.29, 1.82) is 0 Å². The summed E-state index contributed by atoms with van der Waals surface area (Å²) in [6, 6.07) is 16.4. The maximum atomic E-state index is 12.8. The number of hydrogen-bond acceptors (Lipinski definition) is 3. The van der Waals surface area contributed by atoms with E-state index in [0.29, 0.717) is 17.1 Å². The van der Waals surface area contributed by atoms with Crippen LogP contribution in [0.2, 0.25) is 5.02 Å². The molecule has 0 aliphatic carbocycles. The lowest BCUT2D eigenvalue weighted by Gasteiger charge is -2.25. The third-order valence-electron chi connectivity index (χ3n) is 3.69. The summed E-state index contributed by atoms with van der Waals surface area (Å²) in [5, 5.41) is 0.573. The highest BCUT2D eigenvalue weighted by Crippen LogP contribution is 2.15. The van der Waals surface area contributed by atoms with E-state index in [2.05, 4.69) is 0 Å². The predicted molar refractivity (Wildman–Crippen MR) is 93.8 cm³/mol. The van der Waals surface area contributed by atoms with Crippen LogP contribution >= 0.6 is 11.6 Å². The number of benzene rings is 2. The van der Waals surface area contributed by atoms with Crippen LogP contribution in [0, 0.1) is 5.92 Å². The second-order valence-corrected chi connectivity index (χ2v) is 6.04. The fourth-order valence-corrected chi connectivity index (χ4v) is 2.53. The van der Waals surface area contributed by atoms with Crippen LogP contribution in [-0.4, -0.2) is 30.4 Å². The van der Waals surface area contributed by atoms with Crippen molar-refractivity contribution >= 4 is 23.5 Å². The number of hydrogen-bond donors (Lipinski definition) is 0. The molecule has 2 rings (SSSR count). The molecule has 2 aromatic carbocycles. The molecular weight excluding hydrogens is 326 g/mol. The summed E-state index contributed by atoms with van der Waals surface area (Å²) in [7, 11) is 1.35. The van der Waals surface area contributed by atoms with Crippen molar-refractivity contribution in [1.82, 2.24) is 4.90 Å². The van der Waals surface area contributed by atoms with Crippen molar-refractivity contribution < 1.29 is 14.3 Å². The van der Waals surface area contributed by atoms with Crippen LogP contribution in [0.15, 0.2) is 54.6 Å². The summed E-state index contributed by atoms with van der Waals surface area (Å²) in [6.45, 7) is 2.45. The van der Waals surface area contributed by atoms with Gasteiger partial charge in [-0.1, -0.05) is 48.9 Å². The van der Waals surface area contributed by atoms with E-state index in [-0.39, 0.29) is 18.4 Å². The zero-order valence-electron chi connectivity index (χ0n) is 13.7. The molecular formula is C19H20ClNO3. The molecule has 126 valence electrons. The van der Waals surface area contributed by atoms with E-state index in [1.807, 2.05) is 30.3 Å². The largest absolute Gasteiger partial charge is 0.469 e. The highest BCUT2D eigenvalue weighted by molar-refractivity contribution is 6.30. The molecule has 0 N–H and O–H groups in total. The first-order valence-electron chi connectivity index (χ1n) is 7.68. The molecule has 5 heteroatoms. The summed E-state index contributed by atoms with van der Waals surface area (Å²) >= 11 is 5.88. The lowest BCUT2D eigenvalue weighted by Crippen LogP contribution is -2.36. The Labute approximate surface area is 147 Å². The van der Waals surface area contributed by atoms with Gasteiger partial charge in [0.2, 0.25) is 0 Å². The van der Waals surface area contributed by atoms with Crippen molar-refractivity contribution in [2.24, 2.45) is 5.92 Å². The quantitative estimate of drug-likeness (QED) is 0.748. The molecule has 24 heavy (non-hydrogen) atoms. The van der Waals surface area contributed by atoms with Crippen LogP contribution in [0.25, 0.3) is 0 Å². The number of ether oxygens (including phenoxy) is 1. The standard InChI is InChI=1S/C19H20ClNO3/c1-14(19(23)24-2)12-21(13-15-6-4-3-5-7-15)18(22)16-8-10-17(20)11-9-16/h3-11,14H,12-13H2,1-2H3. The van der Waals surface area contributed by atoms with Crippen LogP contribution < -0.4 is 0 Å². The first-order valence-corrected chi connectivity index (χ1v) is 8.05. The van der Waals surface area contributed by atoms with Crippen LogP contribution in [0.4, 0.5) is 0 Å². The maximum absolute atomic E-state index is 12.8. The molecule has 4 nitrogen and oxygen atoms in total. The number of amides is 1. The number of rotatable bonds is 6. The SMILES string of the molecule is COC(=O)C(C)CN(Cc1ccccc1)C(=O)c1ccc(Cl)cc1. The molecule has 0 aliphatic heterocycles. The van der Waals surface area contributed by atoms with Gasteiger partial charge in [0.1, 0.15) is 0 Å². The molecule has 0 fully saturated rings. The summed E-state index contributed by atoms with van der Waals surface area (Å²) < 4.78 is 4.77. The van der Waals surface area contributed by atoms with Gasteiger partial charge < -0.3 is 9.64 Å². The number of carbonyl (C=O) groups is 2. The molecule has 0 radical (unpaired) electrons. The zero-order valence-corrected chi connectivity index (χ0v) is 14.5. The first kappa shape index (κ1) is 18.0. The van der Waals surface area contributed by atoms with E-state index in [1.165, 1.54) is 7.11 Å². The van der Waals surface area contributed by atoms with Crippen molar-refractivity contribution in [2.45, 2.75) is 13.5 Å². The Morgan fingerprint density at radius 2 is 1.71 bits per heavy atom. The molecule has 1 atom stereocenters. The molecule has 1 unspecified atom stereocenters. The van der Waals surface area contributed by atoms with Gasteiger partial charge in [-0.05, 0) is 29.8 Å². The predicted octanol–water partition coefficient (Wildman–Crippen LogP) is 3.79. The van der Waals surface area contributed by atoms with E-state index in [1.54, 1.807) is 36.1 Å². The lowest BCUT2D eigenvalue weighted by molar-refractivity contribution is -0.145. The average Bonchev–Trinajstić information content (AvgIpc) is 2.61. The summed E-state index contributed by atoms with van der Waals surface area (Å²) in [5.74, 6) is -0.891. The van der Waals surface area contributed by atoms with Crippen molar-refractivity contribution in [3.8, 4) is 0 Å². The second kappa shape index (κ2) is 8.50. The minimum absolute atomic E-state index is 0.147.